The third-order valence-corrected chi connectivity index (χ3v) is 3.66. The highest BCUT2D eigenvalue weighted by molar-refractivity contribution is 5.78. The van der Waals surface area contributed by atoms with Gasteiger partial charge in [-0.3, -0.25) is 4.79 Å². The van der Waals surface area contributed by atoms with Gasteiger partial charge < -0.3 is 14.8 Å². The lowest BCUT2D eigenvalue weighted by atomic mass is 10.0. The topological polar surface area (TPSA) is 71.3 Å². The number of nitrogens with zero attached hydrogens (tertiary/aromatic N) is 1. The molecule has 1 heterocycles. The Morgan fingerprint density at radius 2 is 2.04 bits per heavy atom. The summed E-state index contributed by atoms with van der Waals surface area (Å²) in [4.78, 5) is 12.1. The second kappa shape index (κ2) is 6.84. The van der Waals surface area contributed by atoms with Gasteiger partial charge in [-0.1, -0.05) is 30.3 Å². The molecule has 116 valence electrons. The molecule has 2 aromatic carbocycles. The van der Waals surface area contributed by atoms with Crippen molar-refractivity contribution in [3.8, 4) is 17.6 Å². The molecule has 5 heteroatoms. The van der Waals surface area contributed by atoms with Crippen molar-refractivity contribution in [1.29, 1.82) is 5.26 Å². The third-order valence-electron chi connectivity index (χ3n) is 3.66. The predicted octanol–water partition coefficient (Wildman–Crippen LogP) is 2.58. The van der Waals surface area contributed by atoms with Crippen molar-refractivity contribution in [2.75, 3.05) is 13.2 Å². The van der Waals surface area contributed by atoms with E-state index in [4.69, 9.17) is 14.7 Å². The van der Waals surface area contributed by atoms with E-state index in [1.165, 1.54) is 0 Å². The van der Waals surface area contributed by atoms with Gasteiger partial charge in [0.25, 0.3) is 5.91 Å². The smallest absolute Gasteiger partial charge is 0.258 e. The first-order chi connectivity index (χ1) is 11.3. The first kappa shape index (κ1) is 14.9. The Bertz CT molecular complexity index is 752. The Morgan fingerprint density at radius 3 is 2.91 bits per heavy atom. The van der Waals surface area contributed by atoms with Crippen LogP contribution < -0.4 is 14.8 Å². The molecule has 0 bridgehead atoms. The lowest BCUT2D eigenvalue weighted by Gasteiger charge is -2.26. The molecule has 0 unspecified atom stereocenters. The number of benzene rings is 2. The number of nitriles is 1. The quantitative estimate of drug-likeness (QED) is 0.942. The number of para-hydroxylation sites is 2. The van der Waals surface area contributed by atoms with Gasteiger partial charge in [-0.2, -0.15) is 5.26 Å². The standard InChI is InChI=1S/C18H16N2O3/c19-11-13-5-1-3-7-16(13)23-12-18(21)20-15-9-10-22-17-8-4-2-6-14(15)17/h1-8,15H,9-10,12H2,(H,20,21)/t15-/m1/s1. The van der Waals surface area contributed by atoms with Crippen molar-refractivity contribution < 1.29 is 14.3 Å². The van der Waals surface area contributed by atoms with E-state index in [-0.39, 0.29) is 18.6 Å². The van der Waals surface area contributed by atoms with Gasteiger partial charge in [-0.15, -0.1) is 0 Å². The van der Waals surface area contributed by atoms with E-state index in [9.17, 15) is 4.79 Å². The van der Waals surface area contributed by atoms with Crippen LogP contribution in [0.4, 0.5) is 0 Å². The maximum atomic E-state index is 12.1. The normalized spacial score (nSPS) is 15.7. The fraction of sp³-hybridized carbons (Fsp3) is 0.222. The SMILES string of the molecule is N#Cc1ccccc1OCC(=O)N[C@@H]1CCOc2ccccc21. The molecule has 1 aliphatic rings. The zero-order valence-electron chi connectivity index (χ0n) is 12.5. The molecule has 23 heavy (non-hydrogen) atoms. The molecule has 5 nitrogen and oxygen atoms in total. The van der Waals surface area contributed by atoms with Crippen LogP contribution in [-0.2, 0) is 4.79 Å². The van der Waals surface area contributed by atoms with Crippen LogP contribution in [0.15, 0.2) is 48.5 Å². The molecule has 0 aliphatic carbocycles. The summed E-state index contributed by atoms with van der Waals surface area (Å²) in [6, 6.07) is 16.5. The average molecular weight is 308 g/mol. The number of amides is 1. The number of fused-ring (bicyclic) bond motifs is 1. The lowest BCUT2D eigenvalue weighted by Crippen LogP contribution is -2.35. The van der Waals surface area contributed by atoms with Gasteiger partial charge in [0.1, 0.15) is 17.6 Å². The monoisotopic (exact) mass is 308 g/mol. The van der Waals surface area contributed by atoms with Crippen LogP contribution in [0.2, 0.25) is 0 Å². The number of nitrogens with one attached hydrogen (secondary N) is 1. The summed E-state index contributed by atoms with van der Waals surface area (Å²) in [5.41, 5.74) is 1.39. The first-order valence-electron chi connectivity index (χ1n) is 7.41. The lowest BCUT2D eigenvalue weighted by molar-refractivity contribution is -0.124. The van der Waals surface area contributed by atoms with Crippen molar-refractivity contribution in [3.05, 3.63) is 59.7 Å². The number of rotatable bonds is 4. The Balaban J connectivity index is 1.62. The largest absolute Gasteiger partial charge is 0.493 e. The van der Waals surface area contributed by atoms with Gasteiger partial charge in [0.05, 0.1) is 18.2 Å². The van der Waals surface area contributed by atoms with Gasteiger partial charge in [0.2, 0.25) is 0 Å². The molecule has 0 spiro atoms. The van der Waals surface area contributed by atoms with E-state index in [0.717, 1.165) is 17.7 Å². The van der Waals surface area contributed by atoms with Gasteiger partial charge >= 0.3 is 0 Å². The minimum absolute atomic E-state index is 0.0812. The zero-order valence-corrected chi connectivity index (χ0v) is 12.5. The molecule has 1 amide bonds. The Labute approximate surface area is 134 Å². The van der Waals surface area contributed by atoms with E-state index in [0.29, 0.717) is 17.9 Å². The first-order valence-corrected chi connectivity index (χ1v) is 7.41. The molecule has 1 aliphatic heterocycles. The van der Waals surface area contributed by atoms with Crippen LogP contribution >= 0.6 is 0 Å². The molecular weight excluding hydrogens is 292 g/mol. The van der Waals surface area contributed by atoms with Crippen molar-refractivity contribution in [2.45, 2.75) is 12.5 Å². The Kier molecular flexibility index (Phi) is 4.44. The van der Waals surface area contributed by atoms with Gasteiger partial charge in [-0.25, -0.2) is 0 Å². The third kappa shape index (κ3) is 3.43. The fourth-order valence-electron chi connectivity index (χ4n) is 2.56. The van der Waals surface area contributed by atoms with E-state index in [1.54, 1.807) is 24.3 Å². The fourth-order valence-corrected chi connectivity index (χ4v) is 2.56. The van der Waals surface area contributed by atoms with E-state index in [1.807, 2.05) is 30.3 Å². The highest BCUT2D eigenvalue weighted by atomic mass is 16.5. The summed E-state index contributed by atoms with van der Waals surface area (Å²) >= 11 is 0. The van der Waals surface area contributed by atoms with E-state index >= 15 is 0 Å². The van der Waals surface area contributed by atoms with Crippen LogP contribution in [0.25, 0.3) is 0 Å². The molecule has 1 atom stereocenters. The maximum absolute atomic E-state index is 12.1. The summed E-state index contributed by atoms with van der Waals surface area (Å²) < 4.78 is 11.0. The number of carbonyl (C=O) groups excluding carboxylic acids is 1. The van der Waals surface area contributed by atoms with Crippen LogP contribution in [0.5, 0.6) is 11.5 Å². The molecule has 2 aromatic rings. The summed E-state index contributed by atoms with van der Waals surface area (Å²) in [5.74, 6) is 0.997. The number of ether oxygens (including phenoxy) is 2. The maximum Gasteiger partial charge on any atom is 0.258 e. The minimum atomic E-state index is -0.223. The van der Waals surface area contributed by atoms with Crippen LogP contribution in [-0.4, -0.2) is 19.1 Å². The van der Waals surface area contributed by atoms with Crippen LogP contribution in [0.3, 0.4) is 0 Å². The van der Waals surface area contributed by atoms with Gasteiger partial charge in [0, 0.05) is 12.0 Å². The number of hydrogen-bond donors (Lipinski definition) is 1. The van der Waals surface area contributed by atoms with Crippen molar-refractivity contribution in [2.24, 2.45) is 0 Å². The summed E-state index contributed by atoms with van der Waals surface area (Å²) in [6.07, 6.45) is 0.720. The summed E-state index contributed by atoms with van der Waals surface area (Å²) in [7, 11) is 0. The predicted molar refractivity (Wildman–Crippen MR) is 84.1 cm³/mol. The molecule has 0 aromatic heterocycles. The van der Waals surface area contributed by atoms with Gasteiger partial charge in [0.15, 0.2) is 6.61 Å². The summed E-state index contributed by atoms with van der Waals surface area (Å²) in [5, 5.41) is 12.0. The number of carbonyl (C=O) groups is 1. The van der Waals surface area contributed by atoms with Crippen molar-refractivity contribution >= 4 is 5.91 Å². The van der Waals surface area contributed by atoms with Crippen LogP contribution in [0.1, 0.15) is 23.6 Å². The average Bonchev–Trinajstić information content (AvgIpc) is 2.60. The van der Waals surface area contributed by atoms with E-state index in [2.05, 4.69) is 5.32 Å². The molecule has 1 N–H and O–H groups in total. The summed E-state index contributed by atoms with van der Waals surface area (Å²) in [6.45, 7) is 0.443. The highest BCUT2D eigenvalue weighted by Crippen LogP contribution is 2.31. The molecule has 3 rings (SSSR count). The molecule has 0 radical (unpaired) electrons. The van der Waals surface area contributed by atoms with Gasteiger partial charge in [-0.05, 0) is 18.2 Å². The molecule has 0 fully saturated rings. The second-order valence-electron chi connectivity index (χ2n) is 5.19. The number of hydrogen-bond acceptors (Lipinski definition) is 4. The second-order valence-corrected chi connectivity index (χ2v) is 5.19. The van der Waals surface area contributed by atoms with Crippen molar-refractivity contribution in [3.63, 3.8) is 0 Å². The Hall–Kier alpha value is -3.00. The Morgan fingerprint density at radius 1 is 1.26 bits per heavy atom. The molecule has 0 saturated heterocycles. The molecular formula is C18H16N2O3. The minimum Gasteiger partial charge on any atom is -0.493 e. The van der Waals surface area contributed by atoms with Crippen molar-refractivity contribution in [1.82, 2.24) is 5.32 Å². The molecule has 0 saturated carbocycles. The highest BCUT2D eigenvalue weighted by Gasteiger charge is 2.22. The van der Waals surface area contributed by atoms with Crippen LogP contribution in [0, 0.1) is 11.3 Å². The van der Waals surface area contributed by atoms with E-state index < -0.39 is 0 Å². The zero-order chi connectivity index (χ0) is 16.1.